The number of esters is 1. The fourth-order valence-corrected chi connectivity index (χ4v) is 3.36. The summed E-state index contributed by atoms with van der Waals surface area (Å²) in [5, 5.41) is 10.7. The van der Waals surface area contributed by atoms with Crippen molar-refractivity contribution in [3.8, 4) is 5.75 Å². The van der Waals surface area contributed by atoms with Gasteiger partial charge in [-0.3, -0.25) is 4.79 Å². The van der Waals surface area contributed by atoms with Gasteiger partial charge in [0.05, 0.1) is 6.61 Å². The normalized spacial score (nSPS) is 12.6. The number of benzene rings is 1. The molecule has 0 radical (unpaired) electrons. The summed E-state index contributed by atoms with van der Waals surface area (Å²) in [6, 6.07) is 4.34. The fourth-order valence-electron chi connectivity index (χ4n) is 3.36. The van der Waals surface area contributed by atoms with Crippen LogP contribution in [0.1, 0.15) is 115 Å². The van der Waals surface area contributed by atoms with E-state index in [9.17, 15) is 9.90 Å². The number of phenolic OH excluding ortho intramolecular Hbond substituents is 1. The van der Waals surface area contributed by atoms with Crippen molar-refractivity contribution in [2.75, 3.05) is 6.61 Å². The average Bonchev–Trinajstić information content (AvgIpc) is 2.60. The quantitative estimate of drug-likeness (QED) is 0.354. The number of unbranched alkanes of at least 4 members (excludes halogenated alkanes) is 2. The first-order chi connectivity index (χ1) is 12.3. The molecule has 0 aromatic heterocycles. The molecule has 0 amide bonds. The van der Waals surface area contributed by atoms with E-state index in [0.717, 1.165) is 24.0 Å². The van der Waals surface area contributed by atoms with Crippen LogP contribution < -0.4 is 0 Å². The van der Waals surface area contributed by atoms with E-state index < -0.39 is 0 Å². The molecular formula is C23H38O3. The molecule has 0 saturated heterocycles. The number of phenols is 1. The molecule has 1 unspecified atom stereocenters. The van der Waals surface area contributed by atoms with Crippen LogP contribution in [-0.2, 0) is 9.53 Å². The Hall–Kier alpha value is -1.51. The van der Waals surface area contributed by atoms with Crippen molar-refractivity contribution < 1.29 is 14.6 Å². The summed E-state index contributed by atoms with van der Waals surface area (Å²) < 4.78 is 5.34. The minimum absolute atomic E-state index is 0.131. The molecule has 0 heterocycles. The minimum atomic E-state index is -0.131. The number of rotatable bonds is 11. The second-order valence-electron chi connectivity index (χ2n) is 7.91. The third-order valence-electron chi connectivity index (χ3n) is 5.08. The Balaban J connectivity index is 3.10. The van der Waals surface area contributed by atoms with E-state index >= 15 is 0 Å². The Morgan fingerprint density at radius 2 is 1.58 bits per heavy atom. The monoisotopic (exact) mass is 362 g/mol. The largest absolute Gasteiger partial charge is 0.507 e. The van der Waals surface area contributed by atoms with Crippen LogP contribution in [0.15, 0.2) is 12.1 Å². The maximum Gasteiger partial charge on any atom is 0.305 e. The van der Waals surface area contributed by atoms with Crippen LogP contribution >= 0.6 is 0 Å². The first kappa shape index (κ1) is 22.5. The standard InChI is InChI=1S/C23H38O3/c1-7-9-10-11-18(12-13-26-22(24)8-2)19-14-20(16(3)4)23(25)21(15-19)17(5)6/h14-18,25H,7-13H2,1-6H3. The zero-order chi connectivity index (χ0) is 19.7. The number of aromatic hydroxyl groups is 1. The van der Waals surface area contributed by atoms with Gasteiger partial charge in [0.15, 0.2) is 0 Å². The lowest BCUT2D eigenvalue weighted by atomic mass is 9.84. The van der Waals surface area contributed by atoms with Crippen molar-refractivity contribution in [1.29, 1.82) is 0 Å². The number of ether oxygens (including phenoxy) is 1. The highest BCUT2D eigenvalue weighted by atomic mass is 16.5. The third kappa shape index (κ3) is 6.66. The highest BCUT2D eigenvalue weighted by Crippen LogP contribution is 2.38. The topological polar surface area (TPSA) is 46.5 Å². The predicted molar refractivity (Wildman–Crippen MR) is 109 cm³/mol. The lowest BCUT2D eigenvalue weighted by Gasteiger charge is -2.23. The molecule has 0 fully saturated rings. The van der Waals surface area contributed by atoms with Crippen LogP contribution in [0.5, 0.6) is 5.75 Å². The maximum absolute atomic E-state index is 11.5. The van der Waals surface area contributed by atoms with Crippen molar-refractivity contribution in [2.45, 2.75) is 97.8 Å². The van der Waals surface area contributed by atoms with Crippen LogP contribution in [0, 0.1) is 0 Å². The second-order valence-corrected chi connectivity index (χ2v) is 7.91. The summed E-state index contributed by atoms with van der Waals surface area (Å²) in [5.41, 5.74) is 3.33. The molecule has 26 heavy (non-hydrogen) atoms. The lowest BCUT2D eigenvalue weighted by Crippen LogP contribution is -2.10. The minimum Gasteiger partial charge on any atom is -0.507 e. The summed E-state index contributed by atoms with van der Waals surface area (Å²) in [5.74, 6) is 1.24. The lowest BCUT2D eigenvalue weighted by molar-refractivity contribution is -0.143. The summed E-state index contributed by atoms with van der Waals surface area (Å²) in [4.78, 5) is 11.5. The molecule has 1 N–H and O–H groups in total. The van der Waals surface area contributed by atoms with E-state index in [0.29, 0.717) is 24.7 Å². The second kappa shape index (κ2) is 11.3. The summed E-state index contributed by atoms with van der Waals surface area (Å²) >= 11 is 0. The van der Waals surface area contributed by atoms with Crippen molar-refractivity contribution in [1.82, 2.24) is 0 Å². The maximum atomic E-state index is 11.5. The molecule has 0 aliphatic heterocycles. The first-order valence-corrected chi connectivity index (χ1v) is 10.3. The van der Waals surface area contributed by atoms with Crippen LogP contribution in [-0.4, -0.2) is 17.7 Å². The Bertz CT molecular complexity index is 532. The Kier molecular flexibility index (Phi) is 9.75. The van der Waals surface area contributed by atoms with Crippen molar-refractivity contribution in [2.24, 2.45) is 0 Å². The number of carbonyl (C=O) groups is 1. The Morgan fingerprint density at radius 3 is 2.04 bits per heavy atom. The molecule has 3 heteroatoms. The fraction of sp³-hybridized carbons (Fsp3) is 0.696. The average molecular weight is 363 g/mol. The van der Waals surface area contributed by atoms with Gasteiger partial charge in [-0.05, 0) is 47.3 Å². The van der Waals surface area contributed by atoms with Crippen molar-refractivity contribution >= 4 is 5.97 Å². The van der Waals surface area contributed by atoms with Gasteiger partial charge in [0, 0.05) is 6.42 Å². The van der Waals surface area contributed by atoms with E-state index in [1.54, 1.807) is 0 Å². The number of carbonyl (C=O) groups excluding carboxylic acids is 1. The van der Waals surface area contributed by atoms with Crippen LogP contribution in [0.4, 0.5) is 0 Å². The Labute approximate surface area is 160 Å². The molecule has 0 aliphatic carbocycles. The predicted octanol–water partition coefficient (Wildman–Crippen LogP) is 6.65. The first-order valence-electron chi connectivity index (χ1n) is 10.3. The molecule has 3 nitrogen and oxygen atoms in total. The molecule has 0 saturated carbocycles. The number of hydrogen-bond acceptors (Lipinski definition) is 3. The molecule has 148 valence electrons. The van der Waals surface area contributed by atoms with Gasteiger partial charge >= 0.3 is 5.97 Å². The van der Waals surface area contributed by atoms with E-state index in [2.05, 4.69) is 46.8 Å². The van der Waals surface area contributed by atoms with E-state index in [1.165, 1.54) is 24.8 Å². The summed E-state index contributed by atoms with van der Waals surface area (Å²) in [6.45, 7) is 13.0. The van der Waals surface area contributed by atoms with Crippen molar-refractivity contribution in [3.05, 3.63) is 28.8 Å². The van der Waals surface area contributed by atoms with Crippen LogP contribution in [0.3, 0.4) is 0 Å². The van der Waals surface area contributed by atoms with Gasteiger partial charge in [0.25, 0.3) is 0 Å². The molecule has 0 aliphatic rings. The molecule has 0 bridgehead atoms. The molecular weight excluding hydrogens is 324 g/mol. The van der Waals surface area contributed by atoms with Gasteiger partial charge in [-0.25, -0.2) is 0 Å². The molecule has 1 atom stereocenters. The van der Waals surface area contributed by atoms with Gasteiger partial charge in [0.1, 0.15) is 5.75 Å². The molecule has 0 spiro atoms. The van der Waals surface area contributed by atoms with E-state index in [1.807, 2.05) is 6.92 Å². The number of hydrogen-bond donors (Lipinski definition) is 1. The molecule has 1 rings (SSSR count). The highest BCUT2D eigenvalue weighted by molar-refractivity contribution is 5.68. The molecule has 1 aromatic carbocycles. The van der Waals surface area contributed by atoms with Gasteiger partial charge in [-0.2, -0.15) is 0 Å². The molecule has 1 aromatic rings. The summed E-state index contributed by atoms with van der Waals surface area (Å²) in [7, 11) is 0. The SMILES string of the molecule is CCCCCC(CCOC(=O)CC)c1cc(C(C)C)c(O)c(C(C)C)c1. The smallest absolute Gasteiger partial charge is 0.305 e. The van der Waals surface area contributed by atoms with Crippen LogP contribution in [0.2, 0.25) is 0 Å². The van der Waals surface area contributed by atoms with Crippen LogP contribution in [0.25, 0.3) is 0 Å². The highest BCUT2D eigenvalue weighted by Gasteiger charge is 2.20. The van der Waals surface area contributed by atoms with Gasteiger partial charge in [-0.1, -0.05) is 72.9 Å². The van der Waals surface area contributed by atoms with Crippen molar-refractivity contribution in [3.63, 3.8) is 0 Å². The summed E-state index contributed by atoms with van der Waals surface area (Å²) in [6.07, 6.45) is 5.96. The van der Waals surface area contributed by atoms with Gasteiger partial charge in [0.2, 0.25) is 0 Å². The van der Waals surface area contributed by atoms with Gasteiger partial charge < -0.3 is 9.84 Å². The third-order valence-corrected chi connectivity index (χ3v) is 5.08. The van der Waals surface area contributed by atoms with Gasteiger partial charge in [-0.15, -0.1) is 0 Å². The Morgan fingerprint density at radius 1 is 1.00 bits per heavy atom. The van der Waals surface area contributed by atoms with E-state index in [-0.39, 0.29) is 17.8 Å². The zero-order valence-corrected chi connectivity index (χ0v) is 17.6. The zero-order valence-electron chi connectivity index (χ0n) is 17.6. The van der Waals surface area contributed by atoms with E-state index in [4.69, 9.17) is 4.74 Å².